The molecule has 3 aromatic carbocycles. The van der Waals surface area contributed by atoms with Gasteiger partial charge in [-0.05, 0) is 98.9 Å². The first-order valence-corrected chi connectivity index (χ1v) is 16.5. The molecule has 2 unspecified atom stereocenters. The summed E-state index contributed by atoms with van der Waals surface area (Å²) in [7, 11) is 0. The van der Waals surface area contributed by atoms with Gasteiger partial charge in [0, 0.05) is 42.7 Å². The zero-order chi connectivity index (χ0) is 30.6. The molecule has 2 atom stereocenters. The lowest BCUT2D eigenvalue weighted by molar-refractivity contribution is -0.123. The number of nitrogens with zero attached hydrogens (tertiary/aromatic N) is 2. The minimum absolute atomic E-state index is 0.0866. The van der Waals surface area contributed by atoms with Gasteiger partial charge in [-0.2, -0.15) is 0 Å². The number of carbonyl (C=O) groups is 2. The highest BCUT2D eigenvalue weighted by Gasteiger charge is 2.40. The van der Waals surface area contributed by atoms with Gasteiger partial charge in [-0.25, -0.2) is 4.39 Å². The smallest absolute Gasteiger partial charge is 0.257 e. The van der Waals surface area contributed by atoms with Crippen molar-refractivity contribution in [3.63, 3.8) is 0 Å². The van der Waals surface area contributed by atoms with Crippen LogP contribution >= 0.6 is 0 Å². The van der Waals surface area contributed by atoms with Crippen LogP contribution in [-0.4, -0.2) is 42.4 Å². The van der Waals surface area contributed by atoms with Crippen LogP contribution in [0.2, 0.25) is 0 Å². The molecule has 0 spiro atoms. The number of halogens is 1. The van der Waals surface area contributed by atoms with E-state index in [2.05, 4.69) is 46.7 Å². The Bertz CT molecular complexity index is 1460. The van der Waals surface area contributed by atoms with Crippen LogP contribution in [-0.2, 0) is 11.2 Å². The van der Waals surface area contributed by atoms with Crippen molar-refractivity contribution in [3.05, 3.63) is 88.7 Å². The lowest BCUT2D eigenvalue weighted by Crippen LogP contribution is -2.46. The molecule has 3 aliphatic rings. The summed E-state index contributed by atoms with van der Waals surface area (Å²) in [5.74, 6) is -1.47. The standard InChI is InChI=1S/C37H45FN4O2/c1-3-26-15-20-30(24-33(26)41-21-6-7-22-41)40-36(43)31-13-9-23-42(37(44)34-25(2)10-8-14-32(34)38)35(31)27-16-18-29(19-17-27)39-28-11-4-5-12-28/h8,10,14-20,24,28,31,35,39H,3-7,9,11-13,21-23H2,1-2H3,(H,40,43). The van der Waals surface area contributed by atoms with Gasteiger partial charge in [-0.15, -0.1) is 0 Å². The van der Waals surface area contributed by atoms with E-state index in [1.54, 1.807) is 24.0 Å². The van der Waals surface area contributed by atoms with E-state index in [1.165, 1.54) is 55.8 Å². The van der Waals surface area contributed by atoms with Crippen molar-refractivity contribution in [2.75, 3.05) is 35.2 Å². The molecule has 44 heavy (non-hydrogen) atoms. The zero-order valence-electron chi connectivity index (χ0n) is 26.1. The number of anilines is 3. The lowest BCUT2D eigenvalue weighted by atomic mass is 9.83. The molecule has 3 aromatic rings. The van der Waals surface area contributed by atoms with Gasteiger partial charge in [0.05, 0.1) is 17.5 Å². The number of rotatable bonds is 8. The van der Waals surface area contributed by atoms with E-state index in [0.717, 1.165) is 36.4 Å². The Morgan fingerprint density at radius 3 is 2.30 bits per heavy atom. The van der Waals surface area contributed by atoms with E-state index in [9.17, 15) is 9.59 Å². The summed E-state index contributed by atoms with van der Waals surface area (Å²) >= 11 is 0. The summed E-state index contributed by atoms with van der Waals surface area (Å²) < 4.78 is 15.1. The first-order valence-electron chi connectivity index (χ1n) is 16.5. The van der Waals surface area contributed by atoms with E-state index in [4.69, 9.17) is 0 Å². The topological polar surface area (TPSA) is 64.7 Å². The highest BCUT2D eigenvalue weighted by molar-refractivity contribution is 5.98. The SMILES string of the molecule is CCc1ccc(NC(=O)C2CCCN(C(=O)c3c(C)cccc3F)C2c2ccc(NC3CCCC3)cc2)cc1N1CCCC1. The number of carbonyl (C=O) groups excluding carboxylic acids is 2. The Labute approximate surface area is 261 Å². The van der Waals surface area contributed by atoms with Gasteiger partial charge in [0.2, 0.25) is 5.91 Å². The zero-order valence-corrected chi connectivity index (χ0v) is 26.1. The van der Waals surface area contributed by atoms with E-state index >= 15 is 4.39 Å². The van der Waals surface area contributed by atoms with Crippen molar-refractivity contribution in [2.24, 2.45) is 5.92 Å². The van der Waals surface area contributed by atoms with Crippen molar-refractivity contribution >= 4 is 28.9 Å². The third kappa shape index (κ3) is 6.33. The van der Waals surface area contributed by atoms with E-state index < -0.39 is 17.8 Å². The van der Waals surface area contributed by atoms with Crippen molar-refractivity contribution in [2.45, 2.75) is 83.7 Å². The normalized spacial score (nSPS) is 20.6. The number of amides is 2. The molecular weight excluding hydrogens is 551 g/mol. The second kappa shape index (κ2) is 13.4. The molecule has 2 N–H and O–H groups in total. The fourth-order valence-electron chi connectivity index (χ4n) is 7.47. The molecule has 3 fully saturated rings. The Morgan fingerprint density at radius 2 is 1.59 bits per heavy atom. The number of hydrogen-bond acceptors (Lipinski definition) is 4. The molecule has 6 rings (SSSR count). The quantitative estimate of drug-likeness (QED) is 0.278. The molecule has 0 radical (unpaired) electrons. The molecule has 0 aromatic heterocycles. The second-order valence-electron chi connectivity index (χ2n) is 12.8. The molecule has 2 aliphatic heterocycles. The summed E-state index contributed by atoms with van der Waals surface area (Å²) in [6.07, 6.45) is 9.47. The monoisotopic (exact) mass is 596 g/mol. The number of benzene rings is 3. The van der Waals surface area contributed by atoms with Crippen LogP contribution in [0, 0.1) is 18.7 Å². The summed E-state index contributed by atoms with van der Waals surface area (Å²) in [5.41, 5.74) is 5.88. The third-order valence-corrected chi connectivity index (χ3v) is 9.82. The van der Waals surface area contributed by atoms with Gasteiger partial charge in [-0.3, -0.25) is 9.59 Å². The lowest BCUT2D eigenvalue weighted by Gasteiger charge is -2.41. The van der Waals surface area contributed by atoms with Gasteiger partial charge in [0.1, 0.15) is 5.82 Å². The molecule has 0 bridgehead atoms. The van der Waals surface area contributed by atoms with Crippen LogP contribution in [0.1, 0.15) is 91.4 Å². The van der Waals surface area contributed by atoms with Crippen LogP contribution in [0.5, 0.6) is 0 Å². The first-order chi connectivity index (χ1) is 21.4. The molecule has 2 heterocycles. The number of nitrogens with one attached hydrogen (secondary N) is 2. The van der Waals surface area contributed by atoms with Crippen molar-refractivity contribution in [1.82, 2.24) is 4.90 Å². The molecule has 232 valence electrons. The van der Waals surface area contributed by atoms with Gasteiger partial charge < -0.3 is 20.4 Å². The predicted octanol–water partition coefficient (Wildman–Crippen LogP) is 7.88. The minimum Gasteiger partial charge on any atom is -0.382 e. The van der Waals surface area contributed by atoms with Crippen LogP contribution in [0.4, 0.5) is 21.5 Å². The largest absolute Gasteiger partial charge is 0.382 e. The van der Waals surface area contributed by atoms with Crippen LogP contribution < -0.4 is 15.5 Å². The van der Waals surface area contributed by atoms with Crippen LogP contribution in [0.25, 0.3) is 0 Å². The maximum atomic E-state index is 15.1. The second-order valence-corrected chi connectivity index (χ2v) is 12.8. The van der Waals surface area contributed by atoms with Gasteiger partial charge in [0.25, 0.3) is 5.91 Å². The predicted molar refractivity (Wildman–Crippen MR) is 176 cm³/mol. The Morgan fingerprint density at radius 1 is 0.864 bits per heavy atom. The fourth-order valence-corrected chi connectivity index (χ4v) is 7.47. The first kappa shape index (κ1) is 30.2. The number of hydrogen-bond donors (Lipinski definition) is 2. The average molecular weight is 597 g/mol. The summed E-state index contributed by atoms with van der Waals surface area (Å²) in [5, 5.41) is 6.85. The molecule has 1 saturated carbocycles. The number of likely N-dealkylation sites (tertiary alicyclic amines) is 1. The summed E-state index contributed by atoms with van der Waals surface area (Å²) in [4.78, 5) is 32.3. The highest BCUT2D eigenvalue weighted by atomic mass is 19.1. The average Bonchev–Trinajstić information content (AvgIpc) is 3.76. The molecule has 1 aliphatic carbocycles. The van der Waals surface area contributed by atoms with Gasteiger partial charge in [-0.1, -0.05) is 50.1 Å². The molecule has 2 saturated heterocycles. The van der Waals surface area contributed by atoms with Crippen molar-refractivity contribution in [1.29, 1.82) is 0 Å². The Balaban J connectivity index is 1.31. The Hall–Kier alpha value is -3.87. The fraction of sp³-hybridized carbons (Fsp3) is 0.459. The molecule has 2 amide bonds. The summed E-state index contributed by atoms with van der Waals surface area (Å²) in [6.45, 7) is 6.46. The number of aryl methyl sites for hydroxylation is 2. The van der Waals surface area contributed by atoms with E-state index in [0.29, 0.717) is 31.0 Å². The van der Waals surface area contributed by atoms with E-state index in [1.807, 2.05) is 18.2 Å². The van der Waals surface area contributed by atoms with E-state index in [-0.39, 0.29) is 17.4 Å². The summed E-state index contributed by atoms with van der Waals surface area (Å²) in [6, 6.07) is 19.1. The number of piperidine rings is 1. The van der Waals surface area contributed by atoms with Gasteiger partial charge in [0.15, 0.2) is 0 Å². The van der Waals surface area contributed by atoms with Crippen molar-refractivity contribution in [3.8, 4) is 0 Å². The Kier molecular flexibility index (Phi) is 9.20. The molecule has 7 heteroatoms. The van der Waals surface area contributed by atoms with Crippen molar-refractivity contribution < 1.29 is 14.0 Å². The maximum absolute atomic E-state index is 15.1. The maximum Gasteiger partial charge on any atom is 0.257 e. The third-order valence-electron chi connectivity index (χ3n) is 9.82. The highest BCUT2D eigenvalue weighted by Crippen LogP contribution is 2.39. The molecule has 6 nitrogen and oxygen atoms in total. The minimum atomic E-state index is -0.526. The molecular formula is C37H45FN4O2. The van der Waals surface area contributed by atoms with Gasteiger partial charge >= 0.3 is 0 Å². The van der Waals surface area contributed by atoms with Crippen LogP contribution in [0.15, 0.2) is 60.7 Å². The van der Waals surface area contributed by atoms with Crippen LogP contribution in [0.3, 0.4) is 0 Å².